The number of ether oxygens (including phenoxy) is 1. The number of carboxylic acids is 1. The maximum atomic E-state index is 10.6. The van der Waals surface area contributed by atoms with Gasteiger partial charge in [-0.15, -0.1) is 0 Å². The molecule has 0 bridgehead atoms. The normalized spacial score (nSPS) is 21.1. The van der Waals surface area contributed by atoms with Gasteiger partial charge in [-0.25, -0.2) is 0 Å². The molecule has 1 saturated heterocycles. The first kappa shape index (κ1) is 13.0. The van der Waals surface area contributed by atoms with Gasteiger partial charge < -0.3 is 14.4 Å². The molecular weight excluding hydrogens is 236 g/mol. The molecule has 2 atom stereocenters. The summed E-state index contributed by atoms with van der Waals surface area (Å²) in [5, 5.41) is 12.6. The Balaban J connectivity index is 1.83. The fourth-order valence-electron chi connectivity index (χ4n) is 2.13. The van der Waals surface area contributed by atoms with Crippen molar-refractivity contribution in [1.82, 2.24) is 10.1 Å². The fraction of sp³-hybridized carbons (Fsp3) is 0.750. The van der Waals surface area contributed by atoms with Crippen LogP contribution in [0.5, 0.6) is 0 Å². The monoisotopic (exact) mass is 254 g/mol. The third-order valence-corrected chi connectivity index (χ3v) is 2.99. The van der Waals surface area contributed by atoms with Gasteiger partial charge in [0, 0.05) is 25.9 Å². The van der Waals surface area contributed by atoms with E-state index in [1.165, 1.54) is 0 Å². The molecule has 0 saturated carbocycles. The Kier molecular flexibility index (Phi) is 4.30. The molecule has 1 aromatic rings. The van der Waals surface area contributed by atoms with Crippen LogP contribution in [0.25, 0.3) is 0 Å². The van der Waals surface area contributed by atoms with E-state index in [9.17, 15) is 4.79 Å². The summed E-state index contributed by atoms with van der Waals surface area (Å²) in [4.78, 5) is 14.8. The third-order valence-electron chi connectivity index (χ3n) is 2.99. The molecule has 6 heteroatoms. The van der Waals surface area contributed by atoms with Gasteiger partial charge >= 0.3 is 5.97 Å². The summed E-state index contributed by atoms with van der Waals surface area (Å²) >= 11 is 0. The Morgan fingerprint density at radius 3 is 3.11 bits per heavy atom. The van der Waals surface area contributed by atoms with Gasteiger partial charge in [-0.05, 0) is 18.8 Å². The second-order valence-electron chi connectivity index (χ2n) is 4.85. The second kappa shape index (κ2) is 5.95. The van der Waals surface area contributed by atoms with Crippen LogP contribution in [0.4, 0.5) is 0 Å². The second-order valence-corrected chi connectivity index (χ2v) is 4.85. The lowest BCUT2D eigenvalue weighted by Crippen LogP contribution is -2.10. The molecule has 2 unspecified atom stereocenters. The van der Waals surface area contributed by atoms with Crippen LogP contribution in [0.3, 0.4) is 0 Å². The van der Waals surface area contributed by atoms with Crippen LogP contribution < -0.4 is 0 Å². The van der Waals surface area contributed by atoms with E-state index in [1.54, 1.807) is 0 Å². The van der Waals surface area contributed by atoms with Crippen LogP contribution in [0.15, 0.2) is 4.52 Å². The van der Waals surface area contributed by atoms with Gasteiger partial charge in [0.15, 0.2) is 5.82 Å². The minimum Gasteiger partial charge on any atom is -0.481 e. The molecule has 100 valence electrons. The topological polar surface area (TPSA) is 85.5 Å². The van der Waals surface area contributed by atoms with E-state index < -0.39 is 5.97 Å². The molecule has 0 aromatic carbocycles. The largest absolute Gasteiger partial charge is 0.481 e. The van der Waals surface area contributed by atoms with Gasteiger partial charge in [0.05, 0.1) is 6.10 Å². The summed E-state index contributed by atoms with van der Waals surface area (Å²) in [6.45, 7) is 2.67. The smallest absolute Gasteiger partial charge is 0.303 e. The van der Waals surface area contributed by atoms with E-state index in [4.69, 9.17) is 14.4 Å². The standard InChI is InChI=1S/C12H18N2O4/c1-8(6-12(15)16)5-11-13-10(14-18-11)7-9-3-2-4-17-9/h8-9H,2-7H2,1H3,(H,15,16). The van der Waals surface area contributed by atoms with E-state index in [1.807, 2.05) is 6.92 Å². The minimum atomic E-state index is -0.804. The van der Waals surface area contributed by atoms with Crippen LogP contribution in [-0.2, 0) is 22.4 Å². The lowest BCUT2D eigenvalue weighted by atomic mass is 10.0. The molecule has 6 nitrogen and oxygen atoms in total. The molecule has 18 heavy (non-hydrogen) atoms. The number of rotatable bonds is 6. The molecule has 1 N–H and O–H groups in total. The van der Waals surface area contributed by atoms with Gasteiger partial charge in [-0.2, -0.15) is 4.98 Å². The molecule has 0 aliphatic carbocycles. The first-order valence-electron chi connectivity index (χ1n) is 6.28. The number of hydrogen-bond acceptors (Lipinski definition) is 5. The Labute approximate surface area is 105 Å². The van der Waals surface area contributed by atoms with E-state index >= 15 is 0 Å². The van der Waals surface area contributed by atoms with Crippen molar-refractivity contribution in [3.63, 3.8) is 0 Å². The highest BCUT2D eigenvalue weighted by molar-refractivity contribution is 5.66. The van der Waals surface area contributed by atoms with Gasteiger partial charge in [-0.1, -0.05) is 12.1 Å². The third kappa shape index (κ3) is 3.80. The summed E-state index contributed by atoms with van der Waals surface area (Å²) in [5.74, 6) is 0.358. The number of carbonyl (C=O) groups is 1. The average molecular weight is 254 g/mol. The molecular formula is C12H18N2O4. The summed E-state index contributed by atoms with van der Waals surface area (Å²) in [6.07, 6.45) is 3.63. The van der Waals surface area contributed by atoms with Crippen molar-refractivity contribution in [2.24, 2.45) is 5.92 Å². The predicted octanol–water partition coefficient (Wildman–Crippen LogP) is 1.44. The first-order valence-corrected chi connectivity index (χ1v) is 6.28. The summed E-state index contributed by atoms with van der Waals surface area (Å²) in [5.41, 5.74) is 0. The molecule has 0 radical (unpaired) electrons. The predicted molar refractivity (Wildman–Crippen MR) is 62.1 cm³/mol. The first-order chi connectivity index (χ1) is 8.63. The highest BCUT2D eigenvalue weighted by Gasteiger charge is 2.20. The summed E-state index contributed by atoms with van der Waals surface area (Å²) < 4.78 is 10.6. The van der Waals surface area contributed by atoms with Crippen molar-refractivity contribution in [1.29, 1.82) is 0 Å². The molecule has 1 aromatic heterocycles. The van der Waals surface area contributed by atoms with Crippen LogP contribution in [0.2, 0.25) is 0 Å². The van der Waals surface area contributed by atoms with Crippen molar-refractivity contribution >= 4 is 5.97 Å². The van der Waals surface area contributed by atoms with Crippen LogP contribution in [-0.4, -0.2) is 33.9 Å². The average Bonchev–Trinajstić information content (AvgIpc) is 2.89. The number of carboxylic acid groups (broad SMARTS) is 1. The number of aliphatic carboxylic acids is 1. The highest BCUT2D eigenvalue weighted by atomic mass is 16.5. The highest BCUT2D eigenvalue weighted by Crippen LogP contribution is 2.16. The van der Waals surface area contributed by atoms with Crippen molar-refractivity contribution in [3.8, 4) is 0 Å². The Bertz CT molecular complexity index is 399. The van der Waals surface area contributed by atoms with E-state index in [0.29, 0.717) is 24.6 Å². The van der Waals surface area contributed by atoms with Gasteiger partial charge in [0.1, 0.15) is 0 Å². The molecule has 1 aliphatic rings. The lowest BCUT2D eigenvalue weighted by molar-refractivity contribution is -0.137. The number of hydrogen-bond donors (Lipinski definition) is 1. The maximum Gasteiger partial charge on any atom is 0.303 e. The maximum absolute atomic E-state index is 10.6. The molecule has 2 heterocycles. The molecule has 0 spiro atoms. The lowest BCUT2D eigenvalue weighted by Gasteiger charge is -2.04. The Morgan fingerprint density at radius 1 is 1.61 bits per heavy atom. The van der Waals surface area contributed by atoms with Crippen LogP contribution in [0, 0.1) is 5.92 Å². The zero-order valence-electron chi connectivity index (χ0n) is 10.5. The van der Waals surface area contributed by atoms with Gasteiger partial charge in [-0.3, -0.25) is 4.79 Å². The van der Waals surface area contributed by atoms with Gasteiger partial charge in [0.25, 0.3) is 0 Å². The Hall–Kier alpha value is -1.43. The molecule has 0 amide bonds. The van der Waals surface area contributed by atoms with Crippen molar-refractivity contribution < 1.29 is 19.2 Å². The Morgan fingerprint density at radius 2 is 2.44 bits per heavy atom. The van der Waals surface area contributed by atoms with Crippen molar-refractivity contribution in [2.75, 3.05) is 6.61 Å². The van der Waals surface area contributed by atoms with Crippen molar-refractivity contribution in [2.45, 2.75) is 45.1 Å². The van der Waals surface area contributed by atoms with E-state index in [0.717, 1.165) is 19.4 Å². The fourth-order valence-corrected chi connectivity index (χ4v) is 2.13. The molecule has 2 rings (SSSR count). The summed E-state index contributed by atoms with van der Waals surface area (Å²) in [6, 6.07) is 0. The van der Waals surface area contributed by atoms with Crippen LogP contribution >= 0.6 is 0 Å². The van der Waals surface area contributed by atoms with E-state index in [-0.39, 0.29) is 18.4 Å². The van der Waals surface area contributed by atoms with Crippen molar-refractivity contribution in [3.05, 3.63) is 11.7 Å². The van der Waals surface area contributed by atoms with Crippen LogP contribution in [0.1, 0.15) is 37.9 Å². The minimum absolute atomic E-state index is 0.00136. The van der Waals surface area contributed by atoms with Gasteiger partial charge in [0.2, 0.25) is 5.89 Å². The molecule has 1 aliphatic heterocycles. The summed E-state index contributed by atoms with van der Waals surface area (Å²) in [7, 11) is 0. The zero-order valence-corrected chi connectivity index (χ0v) is 10.5. The number of nitrogens with zero attached hydrogens (tertiary/aromatic N) is 2. The number of aromatic nitrogens is 2. The SMILES string of the molecule is CC(CC(=O)O)Cc1nc(CC2CCCO2)no1. The quantitative estimate of drug-likeness (QED) is 0.826. The zero-order chi connectivity index (χ0) is 13.0. The van der Waals surface area contributed by atoms with E-state index in [2.05, 4.69) is 10.1 Å². The molecule has 1 fully saturated rings.